The lowest BCUT2D eigenvalue weighted by Gasteiger charge is -2.36. The van der Waals surface area contributed by atoms with Crippen LogP contribution < -0.4 is 10.1 Å². The molecule has 1 aromatic rings. The zero-order valence-electron chi connectivity index (χ0n) is 12.5. The van der Waals surface area contributed by atoms with Crippen molar-refractivity contribution in [3.05, 3.63) is 28.3 Å². The van der Waals surface area contributed by atoms with Crippen molar-refractivity contribution in [3.8, 4) is 5.75 Å². The molecule has 1 fully saturated rings. The third-order valence-electron chi connectivity index (χ3n) is 4.18. The van der Waals surface area contributed by atoms with E-state index in [1.165, 1.54) is 11.1 Å². The van der Waals surface area contributed by atoms with Gasteiger partial charge in [0.15, 0.2) is 0 Å². The Labute approximate surface area is 131 Å². The molecule has 21 heavy (non-hydrogen) atoms. The molecule has 0 aliphatic carbocycles. The molecule has 0 saturated carbocycles. The van der Waals surface area contributed by atoms with Crippen molar-refractivity contribution in [1.82, 2.24) is 10.2 Å². The van der Waals surface area contributed by atoms with Crippen molar-refractivity contribution < 1.29 is 9.47 Å². The third kappa shape index (κ3) is 3.51. The second-order valence-corrected chi connectivity index (χ2v) is 6.09. The van der Waals surface area contributed by atoms with Crippen LogP contribution in [-0.2, 0) is 17.7 Å². The molecule has 2 aliphatic rings. The first-order valence-corrected chi connectivity index (χ1v) is 8.12. The van der Waals surface area contributed by atoms with Crippen LogP contribution in [0, 0.1) is 0 Å². The van der Waals surface area contributed by atoms with Crippen molar-refractivity contribution in [2.75, 3.05) is 39.5 Å². The molecule has 2 heterocycles. The highest BCUT2D eigenvalue weighted by molar-refractivity contribution is 6.30. The number of nitrogens with one attached hydrogen (secondary N) is 1. The molecule has 0 aromatic heterocycles. The summed E-state index contributed by atoms with van der Waals surface area (Å²) in [6.45, 7) is 8.26. The molecular weight excluding hydrogens is 288 g/mol. The van der Waals surface area contributed by atoms with Crippen molar-refractivity contribution in [3.63, 3.8) is 0 Å². The highest BCUT2D eigenvalue weighted by Gasteiger charge is 2.25. The smallest absolute Gasteiger partial charge is 0.127 e. The molecule has 3 rings (SSSR count). The highest BCUT2D eigenvalue weighted by atomic mass is 35.5. The molecule has 1 atom stereocenters. The lowest BCUT2D eigenvalue weighted by atomic mass is 10.1. The molecule has 0 amide bonds. The van der Waals surface area contributed by atoms with E-state index in [9.17, 15) is 0 Å². The van der Waals surface area contributed by atoms with Crippen LogP contribution in [-0.4, -0.2) is 50.4 Å². The number of likely N-dealkylation sites (N-methyl/N-ethyl adjacent to an activating group) is 1. The second kappa shape index (κ2) is 6.97. The topological polar surface area (TPSA) is 33.7 Å². The van der Waals surface area contributed by atoms with Gasteiger partial charge in [0.1, 0.15) is 5.75 Å². The number of hydrogen-bond donors (Lipinski definition) is 1. The van der Waals surface area contributed by atoms with Crippen LogP contribution in [0.1, 0.15) is 18.1 Å². The van der Waals surface area contributed by atoms with Crippen LogP contribution in [0.2, 0.25) is 5.02 Å². The highest BCUT2D eigenvalue weighted by Crippen LogP contribution is 2.34. The van der Waals surface area contributed by atoms with Gasteiger partial charge in [-0.3, -0.25) is 4.90 Å². The summed E-state index contributed by atoms with van der Waals surface area (Å²) in [4.78, 5) is 2.47. The maximum atomic E-state index is 6.26. The van der Waals surface area contributed by atoms with Crippen molar-refractivity contribution in [2.45, 2.75) is 25.9 Å². The molecule has 5 heteroatoms. The predicted molar refractivity (Wildman–Crippen MR) is 84.2 cm³/mol. The number of nitrogens with zero attached hydrogens (tertiary/aromatic N) is 1. The fourth-order valence-electron chi connectivity index (χ4n) is 3.08. The van der Waals surface area contributed by atoms with Crippen molar-refractivity contribution >= 4 is 11.6 Å². The first-order chi connectivity index (χ1) is 10.3. The van der Waals surface area contributed by atoms with E-state index in [-0.39, 0.29) is 0 Å². The Balaban J connectivity index is 1.75. The van der Waals surface area contributed by atoms with Crippen molar-refractivity contribution in [2.24, 2.45) is 0 Å². The zero-order chi connectivity index (χ0) is 14.7. The first kappa shape index (κ1) is 15.1. The van der Waals surface area contributed by atoms with Gasteiger partial charge in [-0.25, -0.2) is 0 Å². The van der Waals surface area contributed by atoms with Gasteiger partial charge in [0.05, 0.1) is 19.8 Å². The first-order valence-electron chi connectivity index (χ1n) is 7.74. The van der Waals surface area contributed by atoms with Gasteiger partial charge < -0.3 is 14.8 Å². The Morgan fingerprint density at radius 1 is 1.38 bits per heavy atom. The SMILES string of the molecule is CCNCC1COCCN1Cc1cc(Cl)cc2c1OCC2. The van der Waals surface area contributed by atoms with E-state index in [1.54, 1.807) is 0 Å². The molecule has 0 radical (unpaired) electrons. The number of rotatable bonds is 5. The summed E-state index contributed by atoms with van der Waals surface area (Å²) in [6.07, 6.45) is 0.965. The van der Waals surface area contributed by atoms with Gasteiger partial charge in [-0.05, 0) is 24.2 Å². The lowest BCUT2D eigenvalue weighted by Crippen LogP contribution is -2.49. The number of hydrogen-bond acceptors (Lipinski definition) is 4. The predicted octanol–water partition coefficient (Wildman–Crippen LogP) is 2.09. The minimum absolute atomic E-state index is 0.412. The monoisotopic (exact) mass is 310 g/mol. The lowest BCUT2D eigenvalue weighted by molar-refractivity contribution is -0.0110. The summed E-state index contributed by atoms with van der Waals surface area (Å²) in [6, 6.07) is 4.49. The van der Waals surface area contributed by atoms with Gasteiger partial charge >= 0.3 is 0 Å². The van der Waals surface area contributed by atoms with Crippen LogP contribution in [0.15, 0.2) is 12.1 Å². The summed E-state index contributed by atoms with van der Waals surface area (Å²) < 4.78 is 11.4. The summed E-state index contributed by atoms with van der Waals surface area (Å²) in [5, 5.41) is 4.23. The van der Waals surface area contributed by atoms with Gasteiger partial charge in [0, 0.05) is 42.7 Å². The molecule has 1 aromatic carbocycles. The van der Waals surface area contributed by atoms with Gasteiger partial charge in [0.2, 0.25) is 0 Å². The number of halogens is 1. The van der Waals surface area contributed by atoms with Crippen LogP contribution >= 0.6 is 11.6 Å². The summed E-state index contributed by atoms with van der Waals surface area (Å²) >= 11 is 6.26. The third-order valence-corrected chi connectivity index (χ3v) is 4.40. The van der Waals surface area contributed by atoms with E-state index in [1.807, 2.05) is 12.1 Å². The number of benzene rings is 1. The van der Waals surface area contributed by atoms with E-state index in [0.29, 0.717) is 6.04 Å². The number of ether oxygens (including phenoxy) is 2. The summed E-state index contributed by atoms with van der Waals surface area (Å²) in [5.74, 6) is 1.05. The molecule has 4 nitrogen and oxygen atoms in total. The van der Waals surface area contributed by atoms with E-state index in [4.69, 9.17) is 21.1 Å². The molecular formula is C16H23ClN2O2. The number of morpholine rings is 1. The Morgan fingerprint density at radius 2 is 2.29 bits per heavy atom. The van der Waals surface area contributed by atoms with Crippen LogP contribution in [0.25, 0.3) is 0 Å². The van der Waals surface area contributed by atoms with Crippen LogP contribution in [0.3, 0.4) is 0 Å². The Morgan fingerprint density at radius 3 is 3.14 bits per heavy atom. The van der Waals surface area contributed by atoms with Crippen LogP contribution in [0.5, 0.6) is 5.75 Å². The summed E-state index contributed by atoms with van der Waals surface area (Å²) in [5.41, 5.74) is 2.45. The minimum atomic E-state index is 0.412. The average Bonchev–Trinajstić information content (AvgIpc) is 2.94. The fraction of sp³-hybridized carbons (Fsp3) is 0.625. The van der Waals surface area contributed by atoms with Crippen LogP contribution in [0.4, 0.5) is 0 Å². The van der Waals surface area contributed by atoms with Gasteiger partial charge in [-0.15, -0.1) is 0 Å². The normalized spacial score (nSPS) is 22.1. The minimum Gasteiger partial charge on any atom is -0.493 e. The molecule has 1 saturated heterocycles. The molecule has 1 unspecified atom stereocenters. The molecule has 116 valence electrons. The van der Waals surface area contributed by atoms with Gasteiger partial charge in [0.25, 0.3) is 0 Å². The maximum absolute atomic E-state index is 6.26. The average molecular weight is 311 g/mol. The second-order valence-electron chi connectivity index (χ2n) is 5.66. The number of fused-ring (bicyclic) bond motifs is 1. The van der Waals surface area contributed by atoms with E-state index in [2.05, 4.69) is 17.1 Å². The van der Waals surface area contributed by atoms with Crippen molar-refractivity contribution in [1.29, 1.82) is 0 Å². The van der Waals surface area contributed by atoms with Gasteiger partial charge in [-0.1, -0.05) is 18.5 Å². The molecule has 0 spiro atoms. The Kier molecular flexibility index (Phi) is 5.01. The van der Waals surface area contributed by atoms with E-state index >= 15 is 0 Å². The van der Waals surface area contributed by atoms with E-state index in [0.717, 1.165) is 63.2 Å². The quantitative estimate of drug-likeness (QED) is 0.903. The maximum Gasteiger partial charge on any atom is 0.127 e. The molecule has 2 aliphatic heterocycles. The zero-order valence-corrected chi connectivity index (χ0v) is 13.3. The standard InChI is InChI=1S/C16H23ClN2O2/c1-2-18-9-15-11-20-6-4-19(15)10-13-8-14(17)7-12-3-5-21-16(12)13/h7-8,15,18H,2-6,9-11H2,1H3. The van der Waals surface area contributed by atoms with Gasteiger partial charge in [-0.2, -0.15) is 0 Å². The Hall–Kier alpha value is -0.810. The Bertz CT molecular complexity index is 495. The molecule has 1 N–H and O–H groups in total. The molecule has 0 bridgehead atoms. The largest absolute Gasteiger partial charge is 0.493 e. The fourth-order valence-corrected chi connectivity index (χ4v) is 3.34. The summed E-state index contributed by atoms with van der Waals surface area (Å²) in [7, 11) is 0. The van der Waals surface area contributed by atoms with E-state index < -0.39 is 0 Å².